The molecule has 1 aromatic heterocycles. The van der Waals surface area contributed by atoms with Crippen LogP contribution in [0.1, 0.15) is 26.5 Å². The van der Waals surface area contributed by atoms with E-state index in [-0.39, 0.29) is 11.2 Å². The van der Waals surface area contributed by atoms with Gasteiger partial charge in [0.15, 0.2) is 13.7 Å². The third-order valence-electron chi connectivity index (χ3n) is 1.97. The molecule has 0 saturated carbocycles. The van der Waals surface area contributed by atoms with Crippen molar-refractivity contribution >= 4 is 13.4 Å². The zero-order valence-electron chi connectivity index (χ0n) is 8.27. The molecule has 1 heterocycles. The summed E-state index contributed by atoms with van der Waals surface area (Å²) >= 11 is 0. The normalized spacial score (nSPS) is 12.1. The molecule has 0 fully saturated rings. The zero-order chi connectivity index (χ0) is 9.52. The van der Waals surface area contributed by atoms with Gasteiger partial charge in [-0.15, -0.1) is 0 Å². The number of aryl methyl sites for hydroxylation is 1. The van der Waals surface area contributed by atoms with Crippen molar-refractivity contribution in [3.63, 3.8) is 0 Å². The molecule has 0 saturated heterocycles. The second kappa shape index (κ2) is 2.61. The van der Waals surface area contributed by atoms with Gasteiger partial charge in [0.25, 0.3) is 0 Å². The van der Waals surface area contributed by atoms with Crippen LogP contribution in [0.5, 0.6) is 0 Å². The number of nitrogens with zero attached hydrogens (tertiary/aromatic N) is 2. The molecule has 0 aliphatic heterocycles. The summed E-state index contributed by atoms with van der Waals surface area (Å²) in [6.07, 6.45) is 0. The van der Waals surface area contributed by atoms with Crippen LogP contribution in [0.2, 0.25) is 0 Å². The number of aromatic nitrogens is 2. The van der Waals surface area contributed by atoms with Crippen LogP contribution >= 0.6 is 0 Å². The number of halogens is 1. The van der Waals surface area contributed by atoms with Crippen LogP contribution in [0.4, 0.5) is 4.39 Å². The summed E-state index contributed by atoms with van der Waals surface area (Å²) in [5.41, 5.74) is 0.929. The van der Waals surface area contributed by atoms with Crippen molar-refractivity contribution in [1.29, 1.82) is 0 Å². The zero-order valence-corrected chi connectivity index (χ0v) is 8.27. The molecular weight excluding hydrogens is 154 g/mol. The predicted molar refractivity (Wildman–Crippen MR) is 50.0 cm³/mol. The van der Waals surface area contributed by atoms with Crippen LogP contribution in [0.3, 0.4) is 0 Å². The lowest BCUT2D eigenvalue weighted by atomic mass is 9.90. The fourth-order valence-corrected chi connectivity index (χ4v) is 1.06. The fraction of sp³-hybridized carbons (Fsp3) is 0.625. The molecular formula is C8H14BFN2. The van der Waals surface area contributed by atoms with Crippen LogP contribution in [0.25, 0.3) is 0 Å². The van der Waals surface area contributed by atoms with Crippen LogP contribution in [0.15, 0.2) is 0 Å². The molecule has 66 valence electrons. The van der Waals surface area contributed by atoms with E-state index in [4.69, 9.17) is 0 Å². The monoisotopic (exact) mass is 168 g/mol. The fourth-order valence-electron chi connectivity index (χ4n) is 1.06. The molecule has 0 aliphatic rings. The van der Waals surface area contributed by atoms with Gasteiger partial charge in [-0.1, -0.05) is 20.8 Å². The molecule has 1 aromatic rings. The van der Waals surface area contributed by atoms with Gasteiger partial charge in [0.05, 0.1) is 0 Å². The highest BCUT2D eigenvalue weighted by atomic mass is 19.1. The van der Waals surface area contributed by atoms with E-state index in [9.17, 15) is 4.39 Å². The van der Waals surface area contributed by atoms with Gasteiger partial charge in [-0.25, -0.2) is 4.39 Å². The van der Waals surface area contributed by atoms with E-state index in [0.29, 0.717) is 11.3 Å². The summed E-state index contributed by atoms with van der Waals surface area (Å²) in [5, 5.41) is 4.12. The summed E-state index contributed by atoms with van der Waals surface area (Å²) in [5.74, 6) is -0.176. The van der Waals surface area contributed by atoms with Gasteiger partial charge in [0, 0.05) is 18.1 Å². The Labute approximate surface area is 73.2 Å². The Morgan fingerprint density at radius 3 is 2.08 bits per heavy atom. The molecule has 0 aromatic carbocycles. The van der Waals surface area contributed by atoms with Gasteiger partial charge < -0.3 is 0 Å². The smallest absolute Gasteiger partial charge is 0.167 e. The Bertz CT molecular complexity index is 299. The van der Waals surface area contributed by atoms with Crippen molar-refractivity contribution in [1.82, 2.24) is 9.78 Å². The highest BCUT2D eigenvalue weighted by Gasteiger charge is 2.23. The van der Waals surface area contributed by atoms with Crippen molar-refractivity contribution in [3.8, 4) is 0 Å². The van der Waals surface area contributed by atoms with E-state index < -0.39 is 0 Å². The predicted octanol–water partition coefficient (Wildman–Crippen LogP) is 0.115. The average molecular weight is 168 g/mol. The standard InChI is InChI=1S/C8H14BFN2/c1-8(2,3)6-5(10)7(9)12(4)11-6/h9H2,1-4H3. The Balaban J connectivity index is 3.28. The number of hydrogen-bond acceptors (Lipinski definition) is 1. The molecule has 0 radical (unpaired) electrons. The minimum Gasteiger partial charge on any atom is -0.279 e. The summed E-state index contributed by atoms with van der Waals surface area (Å²) in [7, 11) is 3.49. The van der Waals surface area contributed by atoms with E-state index in [2.05, 4.69) is 5.10 Å². The Kier molecular flexibility index (Phi) is 2.02. The van der Waals surface area contributed by atoms with E-state index in [1.807, 2.05) is 20.8 Å². The molecule has 12 heavy (non-hydrogen) atoms. The molecule has 0 bridgehead atoms. The van der Waals surface area contributed by atoms with Crippen LogP contribution in [0, 0.1) is 5.82 Å². The third kappa shape index (κ3) is 1.38. The Morgan fingerprint density at radius 1 is 1.42 bits per heavy atom. The van der Waals surface area contributed by atoms with Gasteiger partial charge in [0.1, 0.15) is 5.69 Å². The van der Waals surface area contributed by atoms with E-state index in [0.717, 1.165) is 0 Å². The Hall–Kier alpha value is -0.795. The SMILES string of the molecule is Bc1c(F)c(C(C)(C)C)nn1C. The van der Waals surface area contributed by atoms with Gasteiger partial charge in [-0.3, -0.25) is 4.68 Å². The van der Waals surface area contributed by atoms with Crippen molar-refractivity contribution in [2.75, 3.05) is 0 Å². The molecule has 0 aliphatic carbocycles. The van der Waals surface area contributed by atoms with Crippen molar-refractivity contribution in [2.24, 2.45) is 7.05 Å². The van der Waals surface area contributed by atoms with E-state index >= 15 is 0 Å². The molecule has 0 atom stereocenters. The van der Waals surface area contributed by atoms with Gasteiger partial charge in [-0.05, 0) is 0 Å². The van der Waals surface area contributed by atoms with Crippen LogP contribution < -0.4 is 5.59 Å². The van der Waals surface area contributed by atoms with Gasteiger partial charge >= 0.3 is 0 Å². The van der Waals surface area contributed by atoms with Crippen LogP contribution in [-0.4, -0.2) is 17.6 Å². The number of hydrogen-bond donors (Lipinski definition) is 0. The summed E-state index contributed by atoms with van der Waals surface area (Å²) < 4.78 is 15.0. The van der Waals surface area contributed by atoms with Crippen LogP contribution in [-0.2, 0) is 12.5 Å². The molecule has 2 nitrogen and oxygen atoms in total. The topological polar surface area (TPSA) is 17.8 Å². The number of rotatable bonds is 0. The Morgan fingerprint density at radius 2 is 1.92 bits per heavy atom. The molecule has 0 N–H and O–H groups in total. The first-order valence-corrected chi connectivity index (χ1v) is 4.03. The van der Waals surface area contributed by atoms with Crippen molar-refractivity contribution in [2.45, 2.75) is 26.2 Å². The molecule has 4 heteroatoms. The summed E-state index contributed by atoms with van der Waals surface area (Å²) in [6, 6.07) is 0. The lowest BCUT2D eigenvalue weighted by Crippen LogP contribution is -2.17. The molecule has 0 unspecified atom stereocenters. The third-order valence-corrected chi connectivity index (χ3v) is 1.97. The molecule has 1 rings (SSSR count). The first kappa shape index (κ1) is 9.29. The summed E-state index contributed by atoms with van der Waals surface area (Å²) in [6.45, 7) is 5.87. The minimum atomic E-state index is -0.212. The second-order valence-corrected chi connectivity index (χ2v) is 4.12. The molecule has 0 amide bonds. The maximum Gasteiger partial charge on any atom is 0.167 e. The first-order valence-electron chi connectivity index (χ1n) is 4.03. The second-order valence-electron chi connectivity index (χ2n) is 4.12. The van der Waals surface area contributed by atoms with E-state index in [1.165, 1.54) is 0 Å². The highest BCUT2D eigenvalue weighted by molar-refractivity contribution is 6.31. The first-order chi connectivity index (χ1) is 5.34. The van der Waals surface area contributed by atoms with Gasteiger partial charge in [-0.2, -0.15) is 5.10 Å². The van der Waals surface area contributed by atoms with Gasteiger partial charge in [0.2, 0.25) is 0 Å². The quantitative estimate of drug-likeness (QED) is 0.503. The average Bonchev–Trinajstić information content (AvgIpc) is 2.15. The van der Waals surface area contributed by atoms with Crippen molar-refractivity contribution in [3.05, 3.63) is 11.5 Å². The molecule has 0 spiro atoms. The summed E-state index contributed by atoms with van der Waals surface area (Å²) in [4.78, 5) is 0. The lowest BCUT2D eigenvalue weighted by Gasteiger charge is -2.14. The lowest BCUT2D eigenvalue weighted by molar-refractivity contribution is 0.509. The highest BCUT2D eigenvalue weighted by Crippen LogP contribution is 2.21. The largest absolute Gasteiger partial charge is 0.279 e. The van der Waals surface area contributed by atoms with Crippen molar-refractivity contribution < 1.29 is 4.39 Å². The maximum absolute atomic E-state index is 13.4. The maximum atomic E-state index is 13.4. The van der Waals surface area contributed by atoms with E-state index in [1.54, 1.807) is 19.6 Å². The minimum absolute atomic E-state index is 0.176.